The topological polar surface area (TPSA) is 54.5 Å². The van der Waals surface area contributed by atoms with Crippen LogP contribution in [0.5, 0.6) is 5.75 Å². The van der Waals surface area contributed by atoms with Gasteiger partial charge in [-0.3, -0.25) is 9.78 Å². The lowest BCUT2D eigenvalue weighted by Crippen LogP contribution is -2.33. The third-order valence-corrected chi connectivity index (χ3v) is 5.45. The smallest absolute Gasteiger partial charge is 0.253 e. The Morgan fingerprint density at radius 1 is 1.17 bits per heavy atom. The van der Waals surface area contributed by atoms with E-state index in [-0.39, 0.29) is 11.9 Å². The second-order valence-corrected chi connectivity index (χ2v) is 7.87. The van der Waals surface area contributed by atoms with Crippen molar-refractivity contribution in [3.05, 3.63) is 94.3 Å². The number of carbonyl (C=O) groups is 1. The van der Waals surface area contributed by atoms with E-state index in [0.717, 1.165) is 29.8 Å². The second-order valence-electron chi connectivity index (χ2n) is 7.87. The molecule has 5 nitrogen and oxygen atoms in total. The lowest BCUT2D eigenvalue weighted by Gasteiger charge is -2.30. The van der Waals surface area contributed by atoms with Gasteiger partial charge in [0.1, 0.15) is 12.4 Å². The fraction of sp³-hybridized carbons (Fsp3) is 0.280. The van der Waals surface area contributed by atoms with Gasteiger partial charge in [0, 0.05) is 38.0 Å². The zero-order chi connectivity index (χ0) is 21.1. The number of fused-ring (bicyclic) bond motifs is 1. The third kappa shape index (κ3) is 4.07. The quantitative estimate of drug-likeness (QED) is 0.704. The van der Waals surface area contributed by atoms with Crippen molar-refractivity contribution in [2.24, 2.45) is 0 Å². The number of nitrogens with one attached hydrogen (secondary N) is 1. The van der Waals surface area contributed by atoms with E-state index in [0.29, 0.717) is 17.9 Å². The maximum Gasteiger partial charge on any atom is 0.253 e. The number of ether oxygens (including phenoxy) is 1. The van der Waals surface area contributed by atoms with Crippen LogP contribution in [0.2, 0.25) is 0 Å². The number of aromatic nitrogens is 1. The van der Waals surface area contributed by atoms with Crippen LogP contribution < -0.4 is 10.1 Å². The number of pyridine rings is 1. The average molecular weight is 402 g/mol. The highest BCUT2D eigenvalue weighted by Crippen LogP contribution is 2.37. The molecule has 1 N–H and O–H groups in total. The van der Waals surface area contributed by atoms with Crippen molar-refractivity contribution >= 4 is 5.91 Å². The van der Waals surface area contributed by atoms with Gasteiger partial charge in [0.15, 0.2) is 0 Å². The molecule has 1 amide bonds. The Balaban J connectivity index is 1.77. The summed E-state index contributed by atoms with van der Waals surface area (Å²) in [7, 11) is 3.55. The van der Waals surface area contributed by atoms with Gasteiger partial charge in [-0.25, -0.2) is 0 Å². The normalized spacial score (nSPS) is 15.4. The Hall–Kier alpha value is -3.18. The summed E-state index contributed by atoms with van der Waals surface area (Å²) in [6.45, 7) is 3.24. The summed E-state index contributed by atoms with van der Waals surface area (Å²) in [5, 5.41) is 3.61. The number of hydrogen-bond donors (Lipinski definition) is 1. The first-order chi connectivity index (χ1) is 14.5. The number of hydrogen-bond acceptors (Lipinski definition) is 4. The number of rotatable bonds is 5. The van der Waals surface area contributed by atoms with Crippen LogP contribution in [0.1, 0.15) is 44.3 Å². The van der Waals surface area contributed by atoms with Gasteiger partial charge < -0.3 is 15.0 Å². The van der Waals surface area contributed by atoms with Crippen LogP contribution in [-0.2, 0) is 13.0 Å². The molecule has 1 aliphatic rings. The van der Waals surface area contributed by atoms with Crippen molar-refractivity contribution in [2.45, 2.75) is 26.0 Å². The first-order valence-electron chi connectivity index (χ1n) is 10.2. The van der Waals surface area contributed by atoms with E-state index in [4.69, 9.17) is 4.74 Å². The summed E-state index contributed by atoms with van der Waals surface area (Å²) in [6.07, 6.45) is 2.76. The van der Waals surface area contributed by atoms with Crippen molar-refractivity contribution in [3.8, 4) is 5.75 Å². The molecule has 0 saturated carbocycles. The monoisotopic (exact) mass is 401 g/mol. The predicted octanol–water partition coefficient (Wildman–Crippen LogP) is 3.91. The highest BCUT2D eigenvalue weighted by atomic mass is 16.5. The molecular formula is C25H27N3O2. The molecule has 1 aliphatic heterocycles. The minimum absolute atomic E-state index is 0.0333. The number of nitrogens with zero attached hydrogens (tertiary/aromatic N) is 2. The van der Waals surface area contributed by atoms with E-state index >= 15 is 0 Å². The highest BCUT2D eigenvalue weighted by molar-refractivity contribution is 5.96. The molecule has 0 bridgehead atoms. The van der Waals surface area contributed by atoms with Crippen LogP contribution in [0.15, 0.2) is 60.8 Å². The van der Waals surface area contributed by atoms with Gasteiger partial charge >= 0.3 is 0 Å². The summed E-state index contributed by atoms with van der Waals surface area (Å²) in [5.41, 5.74) is 6.05. The molecule has 2 heterocycles. The molecule has 5 heteroatoms. The van der Waals surface area contributed by atoms with E-state index in [1.165, 1.54) is 11.1 Å². The summed E-state index contributed by atoms with van der Waals surface area (Å²) in [6, 6.07) is 18.0. The Morgan fingerprint density at radius 3 is 2.80 bits per heavy atom. The molecule has 1 atom stereocenters. The Kier molecular flexibility index (Phi) is 5.81. The maximum absolute atomic E-state index is 13.0. The summed E-state index contributed by atoms with van der Waals surface area (Å²) in [4.78, 5) is 19.0. The fourth-order valence-electron chi connectivity index (χ4n) is 3.99. The molecule has 0 spiro atoms. The molecule has 0 radical (unpaired) electrons. The van der Waals surface area contributed by atoms with Crippen molar-refractivity contribution in [1.29, 1.82) is 0 Å². The molecule has 2 aromatic carbocycles. The number of carbonyl (C=O) groups excluding carboxylic acids is 1. The van der Waals surface area contributed by atoms with Gasteiger partial charge in [-0.1, -0.05) is 30.3 Å². The summed E-state index contributed by atoms with van der Waals surface area (Å²) >= 11 is 0. The van der Waals surface area contributed by atoms with Crippen LogP contribution in [0.25, 0.3) is 0 Å². The molecule has 30 heavy (non-hydrogen) atoms. The van der Waals surface area contributed by atoms with Gasteiger partial charge in [0.05, 0.1) is 11.7 Å². The third-order valence-electron chi connectivity index (χ3n) is 5.45. The molecule has 1 unspecified atom stereocenters. The highest BCUT2D eigenvalue weighted by Gasteiger charge is 2.29. The van der Waals surface area contributed by atoms with Crippen LogP contribution in [0.3, 0.4) is 0 Å². The molecule has 4 rings (SSSR count). The zero-order valence-corrected chi connectivity index (χ0v) is 17.7. The van der Waals surface area contributed by atoms with Crippen LogP contribution in [0.4, 0.5) is 0 Å². The van der Waals surface area contributed by atoms with Crippen molar-refractivity contribution in [3.63, 3.8) is 0 Å². The van der Waals surface area contributed by atoms with Crippen LogP contribution in [-0.4, -0.2) is 36.4 Å². The van der Waals surface area contributed by atoms with Gasteiger partial charge in [-0.2, -0.15) is 0 Å². The van der Waals surface area contributed by atoms with Crippen molar-refractivity contribution < 1.29 is 9.53 Å². The largest absolute Gasteiger partial charge is 0.487 e. The SMILES string of the molecule is Cc1ccnc(COc2cccc(C(=O)N(C)C)c2C2NCCc3ccccc32)c1. The van der Waals surface area contributed by atoms with E-state index in [9.17, 15) is 4.79 Å². The molecule has 3 aromatic rings. The van der Waals surface area contributed by atoms with E-state index in [1.807, 2.05) is 43.3 Å². The Labute approximate surface area is 177 Å². The standard InChI is InChI=1S/C25H27N3O2/c1-17-11-13-26-19(15-17)16-30-22-10-6-9-21(25(29)28(2)3)23(22)24-20-8-5-4-7-18(20)12-14-27-24/h4-11,13,15,24,27H,12,14,16H2,1-3H3. The maximum atomic E-state index is 13.0. The number of benzene rings is 2. The summed E-state index contributed by atoms with van der Waals surface area (Å²) in [5.74, 6) is 0.675. The van der Waals surface area contributed by atoms with Crippen LogP contribution in [0, 0.1) is 6.92 Å². The van der Waals surface area contributed by atoms with E-state index in [1.54, 1.807) is 25.2 Å². The summed E-state index contributed by atoms with van der Waals surface area (Å²) < 4.78 is 6.24. The Bertz CT molecular complexity index is 1060. The second kappa shape index (κ2) is 8.67. The molecule has 0 fully saturated rings. The number of amides is 1. The molecule has 1 aromatic heterocycles. The number of aryl methyl sites for hydroxylation is 1. The van der Waals surface area contributed by atoms with Crippen molar-refractivity contribution in [1.82, 2.24) is 15.2 Å². The first kappa shape index (κ1) is 20.1. The lowest BCUT2D eigenvalue weighted by atomic mass is 9.87. The van der Waals surface area contributed by atoms with Gasteiger partial charge in [0.2, 0.25) is 0 Å². The average Bonchev–Trinajstić information content (AvgIpc) is 2.76. The zero-order valence-electron chi connectivity index (χ0n) is 17.7. The van der Waals surface area contributed by atoms with Crippen molar-refractivity contribution in [2.75, 3.05) is 20.6 Å². The minimum Gasteiger partial charge on any atom is -0.487 e. The molecule has 0 aliphatic carbocycles. The molecule has 154 valence electrons. The van der Waals surface area contributed by atoms with E-state index in [2.05, 4.69) is 28.5 Å². The van der Waals surface area contributed by atoms with Gasteiger partial charge in [-0.15, -0.1) is 0 Å². The van der Waals surface area contributed by atoms with Gasteiger partial charge in [0.25, 0.3) is 5.91 Å². The predicted molar refractivity (Wildman–Crippen MR) is 118 cm³/mol. The molecule has 0 saturated heterocycles. The van der Waals surface area contributed by atoms with Gasteiger partial charge in [-0.05, 0) is 54.3 Å². The van der Waals surface area contributed by atoms with E-state index < -0.39 is 0 Å². The lowest BCUT2D eigenvalue weighted by molar-refractivity contribution is 0.0825. The Morgan fingerprint density at radius 2 is 2.00 bits per heavy atom. The minimum atomic E-state index is -0.101. The molecular weight excluding hydrogens is 374 g/mol. The van der Waals surface area contributed by atoms with Crippen LogP contribution >= 0.6 is 0 Å². The first-order valence-corrected chi connectivity index (χ1v) is 10.2. The fourth-order valence-corrected chi connectivity index (χ4v) is 3.99.